The molecule has 0 fully saturated rings. The number of aliphatic imine (C=N–C) groups is 1. The Morgan fingerprint density at radius 2 is 1.80 bits per heavy atom. The van der Waals surface area contributed by atoms with Gasteiger partial charge in [0.15, 0.2) is 5.96 Å². The molecule has 0 saturated heterocycles. The van der Waals surface area contributed by atoms with Crippen molar-refractivity contribution in [1.82, 2.24) is 10.6 Å². The normalized spacial score (nSPS) is 13.5. The first-order chi connectivity index (χ1) is 9.35. The smallest absolute Gasteiger partial charge is 0.307 e. The van der Waals surface area contributed by atoms with Gasteiger partial charge in [-0.3, -0.25) is 9.79 Å². The summed E-state index contributed by atoms with van der Waals surface area (Å²) >= 11 is 0. The van der Waals surface area contributed by atoms with Crippen LogP contribution in [0.5, 0.6) is 0 Å². The third-order valence-electron chi connectivity index (χ3n) is 2.77. The molecule has 0 aliphatic heterocycles. The van der Waals surface area contributed by atoms with Crippen molar-refractivity contribution >= 4 is 11.9 Å². The molecule has 20 heavy (non-hydrogen) atoms. The van der Waals surface area contributed by atoms with Gasteiger partial charge in [0.2, 0.25) is 0 Å². The first-order valence-electron chi connectivity index (χ1n) is 7.51. The van der Waals surface area contributed by atoms with Crippen molar-refractivity contribution in [3.63, 3.8) is 0 Å². The molecule has 0 spiro atoms. The molecule has 5 heteroatoms. The highest BCUT2D eigenvalue weighted by Gasteiger charge is 2.08. The minimum atomic E-state index is -0.184. The fraction of sp³-hybridized carbons (Fsp3) is 0.867. The van der Waals surface area contributed by atoms with E-state index < -0.39 is 0 Å². The van der Waals surface area contributed by atoms with Crippen LogP contribution in [-0.2, 0) is 9.53 Å². The summed E-state index contributed by atoms with van der Waals surface area (Å²) in [7, 11) is 1.73. The number of esters is 1. The summed E-state index contributed by atoms with van der Waals surface area (Å²) in [6, 6.07) is 0.367. The standard InChI is InChI=1S/C15H31N3O2/c1-11(2)7-8-13(5)18-15(16-6)17-10-9-14(19)20-12(3)4/h11-13H,7-10H2,1-6H3,(H2,16,17,18). The minimum absolute atomic E-state index is 0.0593. The van der Waals surface area contributed by atoms with E-state index in [1.165, 1.54) is 6.42 Å². The van der Waals surface area contributed by atoms with Crippen LogP contribution in [0.3, 0.4) is 0 Å². The molecule has 2 N–H and O–H groups in total. The second-order valence-electron chi connectivity index (χ2n) is 5.80. The predicted octanol–water partition coefficient (Wildman–Crippen LogP) is 2.32. The van der Waals surface area contributed by atoms with E-state index >= 15 is 0 Å². The molecule has 0 aliphatic rings. The van der Waals surface area contributed by atoms with Crippen LogP contribution in [0.25, 0.3) is 0 Å². The average molecular weight is 285 g/mol. The molecule has 0 saturated carbocycles. The maximum absolute atomic E-state index is 11.4. The summed E-state index contributed by atoms with van der Waals surface area (Å²) in [6.45, 7) is 10.8. The third kappa shape index (κ3) is 10.6. The van der Waals surface area contributed by atoms with Crippen molar-refractivity contribution < 1.29 is 9.53 Å². The third-order valence-corrected chi connectivity index (χ3v) is 2.77. The van der Waals surface area contributed by atoms with Gasteiger partial charge >= 0.3 is 5.97 Å². The molecule has 0 aromatic heterocycles. The highest BCUT2D eigenvalue weighted by atomic mass is 16.5. The Balaban J connectivity index is 3.90. The molecule has 5 nitrogen and oxygen atoms in total. The largest absolute Gasteiger partial charge is 0.463 e. The number of carbonyl (C=O) groups excluding carboxylic acids is 1. The van der Waals surface area contributed by atoms with Gasteiger partial charge in [-0.25, -0.2) is 0 Å². The van der Waals surface area contributed by atoms with Gasteiger partial charge in [0.1, 0.15) is 0 Å². The summed E-state index contributed by atoms with van der Waals surface area (Å²) in [5.74, 6) is 1.26. The summed E-state index contributed by atoms with van der Waals surface area (Å²) in [4.78, 5) is 15.6. The van der Waals surface area contributed by atoms with Gasteiger partial charge in [0.25, 0.3) is 0 Å². The van der Waals surface area contributed by atoms with Gasteiger partial charge in [-0.1, -0.05) is 13.8 Å². The van der Waals surface area contributed by atoms with E-state index in [1.807, 2.05) is 13.8 Å². The maximum atomic E-state index is 11.4. The molecular formula is C15H31N3O2. The van der Waals surface area contributed by atoms with Crippen LogP contribution < -0.4 is 10.6 Å². The number of carbonyl (C=O) groups is 1. The van der Waals surface area contributed by atoms with Gasteiger partial charge in [-0.2, -0.15) is 0 Å². The Morgan fingerprint density at radius 1 is 1.15 bits per heavy atom. The maximum Gasteiger partial charge on any atom is 0.307 e. The van der Waals surface area contributed by atoms with Crippen LogP contribution in [0.4, 0.5) is 0 Å². The molecule has 0 aromatic rings. The van der Waals surface area contributed by atoms with E-state index in [2.05, 4.69) is 36.4 Å². The fourth-order valence-corrected chi connectivity index (χ4v) is 1.69. The molecular weight excluding hydrogens is 254 g/mol. The van der Waals surface area contributed by atoms with Crippen LogP contribution in [0.15, 0.2) is 4.99 Å². The lowest BCUT2D eigenvalue weighted by atomic mass is 10.0. The summed E-state index contributed by atoms with van der Waals surface area (Å²) in [5.41, 5.74) is 0. The van der Waals surface area contributed by atoms with Gasteiger partial charge in [0.05, 0.1) is 12.5 Å². The first-order valence-corrected chi connectivity index (χ1v) is 7.51. The van der Waals surface area contributed by atoms with E-state index in [0.717, 1.165) is 12.4 Å². The molecule has 0 aromatic carbocycles. The Kier molecular flexibility index (Phi) is 9.86. The van der Waals surface area contributed by atoms with Crippen LogP contribution in [0.1, 0.15) is 53.9 Å². The number of nitrogens with zero attached hydrogens (tertiary/aromatic N) is 1. The second-order valence-corrected chi connectivity index (χ2v) is 5.80. The molecule has 0 amide bonds. The van der Waals surface area contributed by atoms with Gasteiger partial charge in [-0.05, 0) is 39.5 Å². The number of nitrogens with one attached hydrogen (secondary N) is 2. The average Bonchev–Trinajstić information content (AvgIpc) is 2.34. The lowest BCUT2D eigenvalue weighted by Gasteiger charge is -2.18. The van der Waals surface area contributed by atoms with Crippen molar-refractivity contribution in [2.45, 2.75) is 66.0 Å². The summed E-state index contributed by atoms with van der Waals surface area (Å²) in [6.07, 6.45) is 2.58. The van der Waals surface area contributed by atoms with Gasteiger partial charge in [0, 0.05) is 19.6 Å². The van der Waals surface area contributed by atoms with E-state index in [4.69, 9.17) is 4.74 Å². The van der Waals surface area contributed by atoms with Crippen molar-refractivity contribution in [2.24, 2.45) is 10.9 Å². The first kappa shape index (κ1) is 18.7. The lowest BCUT2D eigenvalue weighted by Crippen LogP contribution is -2.43. The number of ether oxygens (including phenoxy) is 1. The molecule has 1 atom stereocenters. The van der Waals surface area contributed by atoms with Gasteiger partial charge in [-0.15, -0.1) is 0 Å². The summed E-state index contributed by atoms with van der Waals surface area (Å²) in [5, 5.41) is 6.45. The van der Waals surface area contributed by atoms with Crippen molar-refractivity contribution in [3.05, 3.63) is 0 Å². The van der Waals surface area contributed by atoms with E-state index in [-0.39, 0.29) is 12.1 Å². The van der Waals surface area contributed by atoms with Crippen LogP contribution in [0, 0.1) is 5.92 Å². The number of hydrogen-bond donors (Lipinski definition) is 2. The van der Waals surface area contributed by atoms with E-state index in [1.54, 1.807) is 7.05 Å². The molecule has 0 radical (unpaired) electrons. The molecule has 0 heterocycles. The SMILES string of the molecule is CN=C(NCCC(=O)OC(C)C)NC(C)CCC(C)C. The monoisotopic (exact) mass is 285 g/mol. The Bertz CT molecular complexity index is 301. The highest BCUT2D eigenvalue weighted by molar-refractivity contribution is 5.80. The van der Waals surface area contributed by atoms with Crippen LogP contribution in [0.2, 0.25) is 0 Å². The Hall–Kier alpha value is -1.26. The van der Waals surface area contributed by atoms with E-state index in [9.17, 15) is 4.79 Å². The second kappa shape index (κ2) is 10.5. The zero-order chi connectivity index (χ0) is 15.5. The topological polar surface area (TPSA) is 62.7 Å². The van der Waals surface area contributed by atoms with E-state index in [0.29, 0.717) is 24.9 Å². The number of guanidine groups is 1. The molecule has 0 rings (SSSR count). The zero-order valence-corrected chi connectivity index (χ0v) is 13.8. The molecule has 118 valence electrons. The Morgan fingerprint density at radius 3 is 2.30 bits per heavy atom. The molecule has 1 unspecified atom stereocenters. The number of hydrogen-bond acceptors (Lipinski definition) is 3. The van der Waals surface area contributed by atoms with Crippen LogP contribution >= 0.6 is 0 Å². The number of rotatable bonds is 8. The lowest BCUT2D eigenvalue weighted by molar-refractivity contribution is -0.147. The Labute approximate surface area is 123 Å². The molecule has 0 bridgehead atoms. The van der Waals surface area contributed by atoms with Crippen molar-refractivity contribution in [1.29, 1.82) is 0 Å². The predicted molar refractivity (Wildman–Crippen MR) is 83.9 cm³/mol. The molecule has 0 aliphatic carbocycles. The minimum Gasteiger partial charge on any atom is -0.463 e. The van der Waals surface area contributed by atoms with Crippen molar-refractivity contribution in [2.75, 3.05) is 13.6 Å². The van der Waals surface area contributed by atoms with Crippen molar-refractivity contribution in [3.8, 4) is 0 Å². The van der Waals surface area contributed by atoms with Gasteiger partial charge < -0.3 is 15.4 Å². The highest BCUT2D eigenvalue weighted by Crippen LogP contribution is 2.06. The zero-order valence-electron chi connectivity index (χ0n) is 13.8. The quantitative estimate of drug-likeness (QED) is 0.408. The fourth-order valence-electron chi connectivity index (χ4n) is 1.69. The summed E-state index contributed by atoms with van der Waals surface area (Å²) < 4.78 is 5.07. The van der Waals surface area contributed by atoms with Crippen LogP contribution in [-0.4, -0.2) is 37.7 Å².